The van der Waals surface area contributed by atoms with Gasteiger partial charge >= 0.3 is 0 Å². The van der Waals surface area contributed by atoms with Gasteiger partial charge in [-0.15, -0.1) is 0 Å². The summed E-state index contributed by atoms with van der Waals surface area (Å²) in [6, 6.07) is 3.83. The molecule has 1 unspecified atom stereocenters. The lowest BCUT2D eigenvalue weighted by atomic mass is 10.1. The van der Waals surface area contributed by atoms with Crippen molar-refractivity contribution in [3.05, 3.63) is 24.2 Å². The Kier molecular flexibility index (Phi) is 4.61. The lowest BCUT2D eigenvalue weighted by Gasteiger charge is -2.07. The minimum Gasteiger partial charge on any atom is -0.469 e. The second-order valence-electron chi connectivity index (χ2n) is 3.41. The van der Waals surface area contributed by atoms with Gasteiger partial charge in [-0.05, 0) is 25.0 Å². The van der Waals surface area contributed by atoms with Crippen LogP contribution in [0, 0.1) is 0 Å². The van der Waals surface area contributed by atoms with Crippen LogP contribution in [0.4, 0.5) is 0 Å². The van der Waals surface area contributed by atoms with Crippen LogP contribution in [0.25, 0.3) is 0 Å². The van der Waals surface area contributed by atoms with E-state index in [1.807, 2.05) is 12.1 Å². The highest BCUT2D eigenvalue weighted by molar-refractivity contribution is 4.98. The first-order valence-electron chi connectivity index (χ1n) is 5.03. The van der Waals surface area contributed by atoms with Gasteiger partial charge in [0.2, 0.25) is 0 Å². The summed E-state index contributed by atoms with van der Waals surface area (Å²) in [6.07, 6.45) is 6.35. The van der Waals surface area contributed by atoms with Crippen LogP contribution >= 0.6 is 0 Å². The van der Waals surface area contributed by atoms with E-state index in [9.17, 15) is 5.11 Å². The molecule has 13 heavy (non-hydrogen) atoms. The predicted octanol–water partition coefficient (Wildman–Crippen LogP) is 2.76. The molecule has 0 saturated carbocycles. The molecule has 1 aromatic rings. The smallest absolute Gasteiger partial charge is 0.103 e. The Morgan fingerprint density at radius 1 is 1.46 bits per heavy atom. The van der Waals surface area contributed by atoms with E-state index in [0.717, 1.165) is 37.9 Å². The fourth-order valence-corrected chi connectivity index (χ4v) is 1.35. The largest absolute Gasteiger partial charge is 0.469 e. The molecule has 0 aliphatic carbocycles. The van der Waals surface area contributed by atoms with E-state index in [2.05, 4.69) is 6.92 Å². The molecule has 1 rings (SSSR count). The Hall–Kier alpha value is -0.760. The number of hydrogen-bond acceptors (Lipinski definition) is 2. The molecule has 0 saturated heterocycles. The maximum atomic E-state index is 9.54. The van der Waals surface area contributed by atoms with E-state index < -0.39 is 0 Å². The minimum absolute atomic E-state index is 0.162. The summed E-state index contributed by atoms with van der Waals surface area (Å²) in [4.78, 5) is 0. The number of rotatable bonds is 6. The third-order valence-corrected chi connectivity index (χ3v) is 2.19. The van der Waals surface area contributed by atoms with Crippen LogP contribution in [0.3, 0.4) is 0 Å². The average Bonchev–Trinajstić information content (AvgIpc) is 2.64. The molecule has 1 N–H and O–H groups in total. The van der Waals surface area contributed by atoms with Gasteiger partial charge in [0.15, 0.2) is 0 Å². The van der Waals surface area contributed by atoms with Crippen molar-refractivity contribution in [1.29, 1.82) is 0 Å². The number of unbranched alkanes of at least 4 members (excludes halogenated alkanes) is 1. The third-order valence-electron chi connectivity index (χ3n) is 2.19. The summed E-state index contributed by atoms with van der Waals surface area (Å²) in [5, 5.41) is 9.54. The molecule has 0 amide bonds. The third kappa shape index (κ3) is 4.13. The van der Waals surface area contributed by atoms with Gasteiger partial charge in [-0.3, -0.25) is 0 Å². The van der Waals surface area contributed by atoms with Crippen molar-refractivity contribution < 1.29 is 9.52 Å². The van der Waals surface area contributed by atoms with Gasteiger partial charge in [0.05, 0.1) is 12.4 Å². The molecule has 0 aliphatic rings. The van der Waals surface area contributed by atoms with E-state index in [0.29, 0.717) is 0 Å². The molecule has 2 heteroatoms. The van der Waals surface area contributed by atoms with E-state index in [1.54, 1.807) is 6.26 Å². The normalized spacial score (nSPS) is 13.1. The zero-order valence-electron chi connectivity index (χ0n) is 8.20. The van der Waals surface area contributed by atoms with Gasteiger partial charge in [-0.1, -0.05) is 19.8 Å². The van der Waals surface area contributed by atoms with Crippen molar-refractivity contribution >= 4 is 0 Å². The second-order valence-corrected chi connectivity index (χ2v) is 3.41. The van der Waals surface area contributed by atoms with E-state index in [1.165, 1.54) is 0 Å². The van der Waals surface area contributed by atoms with Crippen LogP contribution in [0.5, 0.6) is 0 Å². The van der Waals surface area contributed by atoms with Crippen molar-refractivity contribution in [2.45, 2.75) is 45.1 Å². The molecule has 0 bridgehead atoms. The Balaban J connectivity index is 2.11. The summed E-state index contributed by atoms with van der Waals surface area (Å²) < 4.78 is 5.18. The molecule has 2 nitrogen and oxygen atoms in total. The summed E-state index contributed by atoms with van der Waals surface area (Å²) in [6.45, 7) is 2.14. The monoisotopic (exact) mass is 182 g/mol. The summed E-state index contributed by atoms with van der Waals surface area (Å²) in [5.41, 5.74) is 0. The maximum Gasteiger partial charge on any atom is 0.103 e. The van der Waals surface area contributed by atoms with Gasteiger partial charge in [0, 0.05) is 6.42 Å². The molecular weight excluding hydrogens is 164 g/mol. The van der Waals surface area contributed by atoms with Crippen LogP contribution in [0.2, 0.25) is 0 Å². The van der Waals surface area contributed by atoms with Crippen LogP contribution in [0.15, 0.2) is 22.8 Å². The molecule has 74 valence electrons. The van der Waals surface area contributed by atoms with Crippen LogP contribution in [-0.2, 0) is 6.42 Å². The standard InChI is InChI=1S/C11H18O2/c1-2-3-5-10(12)7-8-11-6-4-9-13-11/h4,6,9-10,12H,2-3,5,7-8H2,1H3. The lowest BCUT2D eigenvalue weighted by molar-refractivity contribution is 0.150. The van der Waals surface area contributed by atoms with Crippen LogP contribution < -0.4 is 0 Å². The van der Waals surface area contributed by atoms with Gasteiger partial charge < -0.3 is 9.52 Å². The van der Waals surface area contributed by atoms with Crippen molar-refractivity contribution in [3.8, 4) is 0 Å². The molecule has 0 aromatic carbocycles. The highest BCUT2D eigenvalue weighted by Crippen LogP contribution is 2.09. The first-order chi connectivity index (χ1) is 6.33. The molecule has 0 radical (unpaired) electrons. The Bertz CT molecular complexity index is 204. The summed E-state index contributed by atoms with van der Waals surface area (Å²) in [5.74, 6) is 0.968. The number of aliphatic hydroxyl groups excluding tert-OH is 1. The lowest BCUT2D eigenvalue weighted by Crippen LogP contribution is -2.07. The molecule has 0 fully saturated rings. The average molecular weight is 182 g/mol. The number of aryl methyl sites for hydroxylation is 1. The SMILES string of the molecule is CCCCC(O)CCc1ccco1. The predicted molar refractivity (Wildman–Crippen MR) is 52.6 cm³/mol. The highest BCUT2D eigenvalue weighted by Gasteiger charge is 2.04. The zero-order valence-corrected chi connectivity index (χ0v) is 8.20. The van der Waals surface area contributed by atoms with Gasteiger partial charge in [-0.2, -0.15) is 0 Å². The highest BCUT2D eigenvalue weighted by atomic mass is 16.3. The maximum absolute atomic E-state index is 9.54. The van der Waals surface area contributed by atoms with Gasteiger partial charge in [0.25, 0.3) is 0 Å². The first kappa shape index (κ1) is 10.3. The summed E-state index contributed by atoms with van der Waals surface area (Å²) in [7, 11) is 0. The fraction of sp³-hybridized carbons (Fsp3) is 0.636. The van der Waals surface area contributed by atoms with Crippen LogP contribution in [-0.4, -0.2) is 11.2 Å². The summed E-state index contributed by atoms with van der Waals surface area (Å²) >= 11 is 0. The zero-order chi connectivity index (χ0) is 9.52. The van der Waals surface area contributed by atoms with E-state index in [4.69, 9.17) is 4.42 Å². The molecule has 1 heterocycles. The minimum atomic E-state index is -0.162. The molecule has 1 atom stereocenters. The van der Waals surface area contributed by atoms with Crippen molar-refractivity contribution in [2.75, 3.05) is 0 Å². The van der Waals surface area contributed by atoms with Crippen molar-refractivity contribution in [1.82, 2.24) is 0 Å². The Morgan fingerprint density at radius 2 is 2.31 bits per heavy atom. The topological polar surface area (TPSA) is 33.4 Å². The second kappa shape index (κ2) is 5.81. The number of hydrogen-bond donors (Lipinski definition) is 1. The van der Waals surface area contributed by atoms with E-state index in [-0.39, 0.29) is 6.10 Å². The van der Waals surface area contributed by atoms with Crippen molar-refractivity contribution in [2.24, 2.45) is 0 Å². The molecular formula is C11H18O2. The van der Waals surface area contributed by atoms with Crippen molar-refractivity contribution in [3.63, 3.8) is 0 Å². The number of furan rings is 1. The molecule has 0 spiro atoms. The Morgan fingerprint density at radius 3 is 2.92 bits per heavy atom. The fourth-order valence-electron chi connectivity index (χ4n) is 1.35. The van der Waals surface area contributed by atoms with Gasteiger partial charge in [-0.25, -0.2) is 0 Å². The quantitative estimate of drug-likeness (QED) is 0.733. The van der Waals surface area contributed by atoms with E-state index >= 15 is 0 Å². The molecule has 1 aromatic heterocycles. The number of aliphatic hydroxyl groups is 1. The first-order valence-corrected chi connectivity index (χ1v) is 5.03. The molecule has 0 aliphatic heterocycles. The van der Waals surface area contributed by atoms with Crippen LogP contribution in [0.1, 0.15) is 38.4 Å². The van der Waals surface area contributed by atoms with Gasteiger partial charge in [0.1, 0.15) is 5.76 Å². The Labute approximate surface area is 79.6 Å².